The number of nitrogens with zero attached hydrogens (tertiary/aromatic N) is 3. The van der Waals surface area contributed by atoms with Crippen LogP contribution in [0.3, 0.4) is 0 Å². The van der Waals surface area contributed by atoms with Gasteiger partial charge in [-0.05, 0) is 75.5 Å². The second kappa shape index (κ2) is 10.1. The molecule has 1 aliphatic heterocycles. The quantitative estimate of drug-likeness (QED) is 0.352. The lowest BCUT2D eigenvalue weighted by atomic mass is 9.90. The van der Waals surface area contributed by atoms with Crippen LogP contribution in [0.4, 0.5) is 24.8 Å². The molecule has 5 rings (SSSR count). The van der Waals surface area contributed by atoms with E-state index >= 15 is 4.39 Å². The summed E-state index contributed by atoms with van der Waals surface area (Å²) in [5.74, 6) is -1.79. The second-order valence-electron chi connectivity index (χ2n) is 9.24. The van der Waals surface area contributed by atoms with E-state index in [1.807, 2.05) is 0 Å². The van der Waals surface area contributed by atoms with Crippen molar-refractivity contribution in [3.8, 4) is 11.3 Å². The van der Waals surface area contributed by atoms with Gasteiger partial charge < -0.3 is 15.2 Å². The highest BCUT2D eigenvalue weighted by Crippen LogP contribution is 2.31. The largest absolute Gasteiger partial charge is 0.324 e. The molecule has 0 saturated carbocycles. The average molecular weight is 528 g/mol. The van der Waals surface area contributed by atoms with Crippen molar-refractivity contribution in [2.45, 2.75) is 38.6 Å². The standard InChI is InChI=1S/C26H24F3N5O2S/c1-13(2)34-21-10-15(9-19(28)23(21)37-25(36)24(34)35)22-20(29)12-31-26(33-22)32-16-3-4-17(18(27)11-16)14-5-7-30-8-6-14/h3-4,9-14,30H,5-8H2,1-2H3,(H,31,32,33). The van der Waals surface area contributed by atoms with E-state index in [-0.39, 0.29) is 39.2 Å². The molecule has 0 unspecified atom stereocenters. The summed E-state index contributed by atoms with van der Waals surface area (Å²) in [6, 6.07) is 6.86. The van der Waals surface area contributed by atoms with Crippen molar-refractivity contribution in [1.29, 1.82) is 0 Å². The lowest BCUT2D eigenvalue weighted by Gasteiger charge is -2.23. The number of anilines is 2. The predicted molar refractivity (Wildman–Crippen MR) is 138 cm³/mol. The summed E-state index contributed by atoms with van der Waals surface area (Å²) in [5, 5.41) is 6.14. The van der Waals surface area contributed by atoms with E-state index in [1.54, 1.807) is 26.0 Å². The van der Waals surface area contributed by atoms with Crippen LogP contribution in [0.15, 0.2) is 46.1 Å². The van der Waals surface area contributed by atoms with E-state index in [2.05, 4.69) is 20.6 Å². The van der Waals surface area contributed by atoms with Crippen molar-refractivity contribution in [2.75, 3.05) is 18.4 Å². The second-order valence-corrected chi connectivity index (χ2v) is 10.2. The van der Waals surface area contributed by atoms with E-state index in [1.165, 1.54) is 16.7 Å². The molecule has 3 heterocycles. The Labute approximate surface area is 214 Å². The zero-order valence-electron chi connectivity index (χ0n) is 20.1. The highest BCUT2D eigenvalue weighted by molar-refractivity contribution is 7.16. The van der Waals surface area contributed by atoms with Gasteiger partial charge in [-0.2, -0.15) is 0 Å². The minimum Gasteiger partial charge on any atom is -0.324 e. The van der Waals surface area contributed by atoms with Crippen molar-refractivity contribution in [1.82, 2.24) is 19.9 Å². The maximum atomic E-state index is 15.0. The molecule has 0 bridgehead atoms. The molecule has 7 nitrogen and oxygen atoms in total. The molecule has 0 spiro atoms. The highest BCUT2D eigenvalue weighted by Gasteiger charge is 2.20. The summed E-state index contributed by atoms with van der Waals surface area (Å²) in [6.45, 7) is 5.08. The number of fused-ring (bicyclic) bond motifs is 1. The molecule has 2 N–H and O–H groups in total. The van der Waals surface area contributed by atoms with Crippen LogP contribution in [0.1, 0.15) is 44.2 Å². The average Bonchev–Trinajstić information content (AvgIpc) is 2.87. The van der Waals surface area contributed by atoms with Crippen LogP contribution < -0.4 is 20.9 Å². The Hall–Kier alpha value is -3.57. The van der Waals surface area contributed by atoms with Gasteiger partial charge in [0.1, 0.15) is 17.3 Å². The first-order valence-corrected chi connectivity index (χ1v) is 12.7. The lowest BCUT2D eigenvalue weighted by molar-refractivity contribution is 0.445. The third-order valence-electron chi connectivity index (χ3n) is 6.44. The van der Waals surface area contributed by atoms with Crippen LogP contribution >= 0.6 is 11.3 Å². The van der Waals surface area contributed by atoms with Crippen molar-refractivity contribution < 1.29 is 13.2 Å². The number of hydrogen-bond donors (Lipinski definition) is 2. The first-order valence-electron chi connectivity index (χ1n) is 11.9. The lowest BCUT2D eigenvalue weighted by Crippen LogP contribution is -2.33. The van der Waals surface area contributed by atoms with E-state index in [0.29, 0.717) is 22.6 Å². The molecule has 0 amide bonds. The van der Waals surface area contributed by atoms with Crippen LogP contribution in [0.25, 0.3) is 21.5 Å². The monoisotopic (exact) mass is 527 g/mol. The smallest absolute Gasteiger partial charge is 0.309 e. The number of benzene rings is 2. The fourth-order valence-corrected chi connectivity index (χ4v) is 5.47. The molecule has 0 aliphatic carbocycles. The van der Waals surface area contributed by atoms with Crippen molar-refractivity contribution in [2.24, 2.45) is 0 Å². The van der Waals surface area contributed by atoms with Gasteiger partial charge in [0, 0.05) is 17.3 Å². The van der Waals surface area contributed by atoms with E-state index < -0.39 is 28.0 Å². The molecule has 37 heavy (non-hydrogen) atoms. The number of piperidine rings is 1. The van der Waals surface area contributed by atoms with Gasteiger partial charge in [0.15, 0.2) is 5.82 Å². The summed E-state index contributed by atoms with van der Waals surface area (Å²) in [5.41, 5.74) is 0.296. The molecule has 2 aromatic heterocycles. The summed E-state index contributed by atoms with van der Waals surface area (Å²) >= 11 is 0.510. The number of aromatic nitrogens is 3. The Kier molecular flexibility index (Phi) is 6.82. The summed E-state index contributed by atoms with van der Waals surface area (Å²) < 4.78 is 45.1. The zero-order valence-corrected chi connectivity index (χ0v) is 21.0. The molecular formula is C26H24F3N5O2S. The fourth-order valence-electron chi connectivity index (χ4n) is 4.68. The maximum absolute atomic E-state index is 15.0. The molecule has 1 aliphatic rings. The van der Waals surface area contributed by atoms with Crippen LogP contribution in [0.5, 0.6) is 0 Å². The molecule has 11 heteroatoms. The summed E-state index contributed by atoms with van der Waals surface area (Å²) in [4.78, 5) is 32.7. The normalized spacial score (nSPS) is 14.4. The van der Waals surface area contributed by atoms with Crippen molar-refractivity contribution in [3.05, 3.63) is 79.4 Å². The van der Waals surface area contributed by atoms with Crippen molar-refractivity contribution >= 4 is 33.2 Å². The SMILES string of the molecule is CC(C)n1c(=O)c(=O)sc2c(F)cc(-c3nc(Nc4ccc(C5CCNCC5)c(F)c4)ncc3F)cc21. The Morgan fingerprint density at radius 1 is 1.05 bits per heavy atom. The molecule has 2 aromatic carbocycles. The maximum Gasteiger partial charge on any atom is 0.309 e. The number of halogens is 3. The molecule has 0 atom stereocenters. The first kappa shape index (κ1) is 25.1. The van der Waals surface area contributed by atoms with Crippen LogP contribution in [0, 0.1) is 17.5 Å². The Bertz CT molecular complexity index is 1610. The molecule has 0 radical (unpaired) electrons. The Morgan fingerprint density at radius 2 is 1.81 bits per heavy atom. The van der Waals surface area contributed by atoms with Gasteiger partial charge in [-0.1, -0.05) is 17.4 Å². The van der Waals surface area contributed by atoms with E-state index in [4.69, 9.17) is 0 Å². The minimum atomic E-state index is -0.806. The topological polar surface area (TPSA) is 88.9 Å². The summed E-state index contributed by atoms with van der Waals surface area (Å²) in [6.07, 6.45) is 2.65. The zero-order chi connectivity index (χ0) is 26.3. The summed E-state index contributed by atoms with van der Waals surface area (Å²) in [7, 11) is 0. The fraction of sp³-hybridized carbons (Fsp3) is 0.308. The third-order valence-corrected chi connectivity index (χ3v) is 7.41. The Morgan fingerprint density at radius 3 is 2.51 bits per heavy atom. The van der Waals surface area contributed by atoms with Gasteiger partial charge in [0.05, 0.1) is 16.4 Å². The van der Waals surface area contributed by atoms with Crippen LogP contribution in [0.2, 0.25) is 0 Å². The van der Waals surface area contributed by atoms with Gasteiger partial charge in [-0.3, -0.25) is 9.59 Å². The van der Waals surface area contributed by atoms with Crippen LogP contribution in [-0.4, -0.2) is 27.6 Å². The molecule has 1 saturated heterocycles. The van der Waals surface area contributed by atoms with Gasteiger partial charge in [-0.15, -0.1) is 0 Å². The van der Waals surface area contributed by atoms with Gasteiger partial charge in [0.25, 0.3) is 4.74 Å². The highest BCUT2D eigenvalue weighted by atomic mass is 32.1. The van der Waals surface area contributed by atoms with Crippen LogP contribution in [-0.2, 0) is 0 Å². The minimum absolute atomic E-state index is 0.000764. The Balaban J connectivity index is 1.52. The van der Waals surface area contributed by atoms with Gasteiger partial charge in [0.2, 0.25) is 5.95 Å². The number of rotatable bonds is 5. The molecule has 4 aromatic rings. The van der Waals surface area contributed by atoms with Gasteiger partial charge >= 0.3 is 5.56 Å². The first-order chi connectivity index (χ1) is 17.7. The molecule has 192 valence electrons. The number of hydrogen-bond acceptors (Lipinski definition) is 7. The number of nitrogens with one attached hydrogen (secondary N) is 2. The predicted octanol–water partition coefficient (Wildman–Crippen LogP) is 5.09. The van der Waals surface area contributed by atoms with Crippen molar-refractivity contribution in [3.63, 3.8) is 0 Å². The molecule has 1 fully saturated rings. The third kappa shape index (κ3) is 4.88. The molecular weight excluding hydrogens is 503 g/mol. The van der Waals surface area contributed by atoms with Gasteiger partial charge in [-0.25, -0.2) is 23.1 Å². The van der Waals surface area contributed by atoms with E-state index in [0.717, 1.165) is 38.2 Å². The van der Waals surface area contributed by atoms with E-state index in [9.17, 15) is 18.4 Å².